The fourth-order valence-corrected chi connectivity index (χ4v) is 8.28. The lowest BCUT2D eigenvalue weighted by atomic mass is 9.85. The van der Waals surface area contributed by atoms with Gasteiger partial charge >= 0.3 is 11.9 Å². The summed E-state index contributed by atoms with van der Waals surface area (Å²) in [6.07, 6.45) is 10.2. The Morgan fingerprint density at radius 3 is 2.53 bits per heavy atom. The largest absolute Gasteiger partial charge is 0.480 e. The first kappa shape index (κ1) is 29.7. The molecule has 0 unspecified atom stereocenters. The third-order valence-electron chi connectivity index (χ3n) is 10.7. The number of hydrogen-bond acceptors (Lipinski definition) is 6. The van der Waals surface area contributed by atoms with Crippen molar-refractivity contribution in [3.63, 3.8) is 0 Å². The first-order chi connectivity index (χ1) is 20.7. The van der Waals surface area contributed by atoms with Crippen molar-refractivity contribution in [1.82, 2.24) is 9.88 Å². The van der Waals surface area contributed by atoms with Crippen LogP contribution < -0.4 is 10.2 Å². The van der Waals surface area contributed by atoms with E-state index in [-0.39, 0.29) is 48.5 Å². The Kier molecular flexibility index (Phi) is 8.51. The zero-order valence-corrected chi connectivity index (χ0v) is 25.1. The number of hydrogen-bond donors (Lipinski definition) is 2. The molecular formula is C34H44N2O7. The number of carbonyl (C=O) groups is 3. The summed E-state index contributed by atoms with van der Waals surface area (Å²) < 4.78 is 12.6. The molecule has 4 aliphatic rings. The van der Waals surface area contributed by atoms with Gasteiger partial charge in [-0.3, -0.25) is 14.4 Å². The van der Waals surface area contributed by atoms with Gasteiger partial charge in [0.05, 0.1) is 30.0 Å². The van der Waals surface area contributed by atoms with Crippen LogP contribution in [0.5, 0.6) is 5.88 Å². The minimum absolute atomic E-state index is 0.0238. The molecule has 9 nitrogen and oxygen atoms in total. The van der Waals surface area contributed by atoms with Crippen molar-refractivity contribution in [3.05, 3.63) is 40.1 Å². The van der Waals surface area contributed by atoms with Crippen LogP contribution in [-0.4, -0.2) is 57.1 Å². The molecule has 0 radical (unpaired) electrons. The highest BCUT2D eigenvalue weighted by Gasteiger charge is 2.47. The van der Waals surface area contributed by atoms with Gasteiger partial charge in [-0.05, 0) is 82.3 Å². The van der Waals surface area contributed by atoms with E-state index in [1.165, 1.54) is 4.90 Å². The number of esters is 1. The number of benzene rings is 1. The molecule has 43 heavy (non-hydrogen) atoms. The molecule has 9 heteroatoms. The van der Waals surface area contributed by atoms with Crippen LogP contribution in [0.1, 0.15) is 96.0 Å². The average Bonchev–Trinajstić information content (AvgIpc) is 3.73. The number of aromatic amines is 1. The maximum Gasteiger partial charge on any atom is 0.326 e. The molecule has 2 aliphatic heterocycles. The number of aliphatic carboxylic acids is 1. The molecule has 2 N–H and O–H groups in total. The summed E-state index contributed by atoms with van der Waals surface area (Å²) in [5.41, 5.74) is 0.607. The van der Waals surface area contributed by atoms with Crippen LogP contribution in [0.15, 0.2) is 29.1 Å². The first-order valence-electron chi connectivity index (χ1n) is 16.3. The predicted molar refractivity (Wildman–Crippen MR) is 161 cm³/mol. The number of ether oxygens (including phenoxy) is 2. The number of H-pyrrole nitrogens is 1. The van der Waals surface area contributed by atoms with E-state index in [0.717, 1.165) is 70.6 Å². The molecule has 2 bridgehead atoms. The highest BCUT2D eigenvalue weighted by Crippen LogP contribution is 2.43. The highest BCUT2D eigenvalue weighted by molar-refractivity contribution is 5.88. The molecule has 3 fully saturated rings. The molecule has 1 aromatic heterocycles. The van der Waals surface area contributed by atoms with Gasteiger partial charge in [-0.1, -0.05) is 37.8 Å². The average molecular weight is 593 g/mol. The van der Waals surface area contributed by atoms with E-state index in [0.29, 0.717) is 28.8 Å². The van der Waals surface area contributed by atoms with Crippen molar-refractivity contribution in [2.75, 3.05) is 6.54 Å². The van der Waals surface area contributed by atoms with Crippen LogP contribution in [0.4, 0.5) is 0 Å². The van der Waals surface area contributed by atoms with Crippen LogP contribution >= 0.6 is 0 Å². The van der Waals surface area contributed by atoms with E-state index in [2.05, 4.69) is 4.98 Å². The van der Waals surface area contributed by atoms with Gasteiger partial charge in [0.15, 0.2) is 11.3 Å². The summed E-state index contributed by atoms with van der Waals surface area (Å²) in [5.74, 6) is -1.71. The molecule has 232 valence electrons. The Balaban J connectivity index is 1.36. The third-order valence-corrected chi connectivity index (χ3v) is 10.7. The summed E-state index contributed by atoms with van der Waals surface area (Å²) in [6, 6.07) is 6.28. The number of carboxylic acid groups (broad SMARTS) is 1. The van der Waals surface area contributed by atoms with Gasteiger partial charge in [-0.15, -0.1) is 0 Å². The number of pyridine rings is 1. The minimum atomic E-state index is -1.09. The van der Waals surface area contributed by atoms with Gasteiger partial charge in [0.25, 0.3) is 0 Å². The number of carbonyl (C=O) groups excluding carboxylic acids is 2. The number of fused-ring (bicyclic) bond motifs is 5. The Bertz CT molecular complexity index is 1430. The van der Waals surface area contributed by atoms with Gasteiger partial charge < -0.3 is 24.5 Å². The molecular weight excluding hydrogens is 548 g/mol. The molecule has 1 amide bonds. The maximum atomic E-state index is 14.2. The number of para-hydroxylation sites is 1. The first-order valence-corrected chi connectivity index (χ1v) is 16.3. The molecule has 6 rings (SSSR count). The third kappa shape index (κ3) is 6.04. The van der Waals surface area contributed by atoms with E-state index in [4.69, 9.17) is 9.47 Å². The maximum absolute atomic E-state index is 14.2. The monoisotopic (exact) mass is 592 g/mol. The van der Waals surface area contributed by atoms with E-state index < -0.39 is 29.6 Å². The SMILES string of the molecule is C[C@@]12CCC[C@H]1CCCCCc1c([nH]c3ccccc3c1=O)O[C@@H]1C[C@@H](C(=O)O)N(C1)C(=O)[C@H](C1CCCC1)CC(=O)O2. The van der Waals surface area contributed by atoms with E-state index >= 15 is 0 Å². The van der Waals surface area contributed by atoms with Crippen molar-refractivity contribution in [2.24, 2.45) is 17.8 Å². The topological polar surface area (TPSA) is 126 Å². The molecule has 2 aromatic rings. The minimum Gasteiger partial charge on any atom is -0.480 e. The quantitative estimate of drug-likeness (QED) is 0.449. The molecule has 0 spiro atoms. The summed E-state index contributed by atoms with van der Waals surface area (Å²) in [6.45, 7) is 2.12. The molecule has 3 heterocycles. The van der Waals surface area contributed by atoms with E-state index in [9.17, 15) is 24.3 Å². The predicted octanol–water partition coefficient (Wildman–Crippen LogP) is 5.38. The summed E-state index contributed by atoms with van der Waals surface area (Å²) >= 11 is 0. The Hall–Kier alpha value is -3.36. The van der Waals surface area contributed by atoms with Crippen LogP contribution in [0, 0.1) is 17.8 Å². The lowest BCUT2D eigenvalue weighted by Crippen LogP contribution is -2.46. The van der Waals surface area contributed by atoms with Crippen molar-refractivity contribution in [3.8, 4) is 5.88 Å². The summed E-state index contributed by atoms with van der Waals surface area (Å²) in [7, 11) is 0. The number of amides is 1. The smallest absolute Gasteiger partial charge is 0.326 e. The molecule has 5 atom stereocenters. The van der Waals surface area contributed by atoms with E-state index in [1.807, 2.05) is 31.2 Å². The van der Waals surface area contributed by atoms with Crippen molar-refractivity contribution in [1.29, 1.82) is 0 Å². The summed E-state index contributed by atoms with van der Waals surface area (Å²) in [5, 5.41) is 10.8. The van der Waals surface area contributed by atoms with Crippen molar-refractivity contribution in [2.45, 2.75) is 115 Å². The van der Waals surface area contributed by atoms with Crippen LogP contribution in [0.25, 0.3) is 10.9 Å². The standard InChI is InChI=1S/C34H44N2O7/c1-34-17-9-13-22(34)12-3-2-4-15-25-30(38)24-14-7-8-16-27(24)35-31(25)42-23-18-28(33(40)41)36(20-23)32(39)26(19-29(37)43-34)21-10-5-6-11-21/h7-8,14,16,21-23,26,28H,2-6,9-13,15,17-20H2,1H3,(H,35,38)(H,40,41)/t22-,23-,26+,28+,34-/m1/s1. The van der Waals surface area contributed by atoms with Gasteiger partial charge in [0, 0.05) is 11.8 Å². The summed E-state index contributed by atoms with van der Waals surface area (Å²) in [4.78, 5) is 58.4. The van der Waals surface area contributed by atoms with Gasteiger partial charge in [0.1, 0.15) is 17.7 Å². The zero-order chi connectivity index (χ0) is 30.1. The second-order valence-corrected chi connectivity index (χ2v) is 13.5. The number of rotatable bonds is 2. The molecule has 1 saturated heterocycles. The second kappa shape index (κ2) is 12.3. The Morgan fingerprint density at radius 2 is 1.74 bits per heavy atom. The fourth-order valence-electron chi connectivity index (χ4n) is 8.28. The number of carboxylic acids is 1. The van der Waals surface area contributed by atoms with Crippen molar-refractivity contribution < 1.29 is 29.0 Å². The number of aromatic nitrogens is 1. The zero-order valence-electron chi connectivity index (χ0n) is 25.1. The van der Waals surface area contributed by atoms with E-state index in [1.54, 1.807) is 0 Å². The lowest BCUT2D eigenvalue weighted by molar-refractivity contribution is -0.166. The fraction of sp³-hybridized carbons (Fsp3) is 0.647. The Labute approximate surface area is 252 Å². The van der Waals surface area contributed by atoms with Crippen LogP contribution in [-0.2, 0) is 25.5 Å². The second-order valence-electron chi connectivity index (χ2n) is 13.5. The lowest BCUT2D eigenvalue weighted by Gasteiger charge is -2.34. The molecule has 1 aromatic carbocycles. The van der Waals surface area contributed by atoms with Crippen LogP contribution in [0.3, 0.4) is 0 Å². The normalized spacial score (nSPS) is 31.1. The number of nitrogens with zero attached hydrogens (tertiary/aromatic N) is 1. The van der Waals surface area contributed by atoms with Gasteiger partial charge in [-0.2, -0.15) is 0 Å². The molecule has 2 saturated carbocycles. The highest BCUT2D eigenvalue weighted by atomic mass is 16.6. The molecule has 2 aliphatic carbocycles. The van der Waals surface area contributed by atoms with Gasteiger partial charge in [0.2, 0.25) is 5.91 Å². The van der Waals surface area contributed by atoms with Crippen molar-refractivity contribution >= 4 is 28.7 Å². The van der Waals surface area contributed by atoms with Crippen LogP contribution in [0.2, 0.25) is 0 Å². The van der Waals surface area contributed by atoms with Gasteiger partial charge in [-0.25, -0.2) is 4.79 Å². The number of nitrogens with one attached hydrogen (secondary N) is 1. The Morgan fingerprint density at radius 1 is 1.00 bits per heavy atom.